The zero-order chi connectivity index (χ0) is 22.5. The zero-order valence-electron chi connectivity index (χ0n) is 16.8. The van der Waals surface area contributed by atoms with Crippen LogP contribution in [0.25, 0.3) is 10.2 Å². The molecule has 168 valence electrons. The summed E-state index contributed by atoms with van der Waals surface area (Å²) in [5.41, 5.74) is 1.06. The maximum atomic E-state index is 13.2. The van der Waals surface area contributed by atoms with Crippen molar-refractivity contribution in [1.82, 2.24) is 14.9 Å². The van der Waals surface area contributed by atoms with Crippen molar-refractivity contribution >= 4 is 32.6 Å². The van der Waals surface area contributed by atoms with Crippen molar-refractivity contribution in [2.75, 3.05) is 25.0 Å². The van der Waals surface area contributed by atoms with Crippen LogP contribution in [0.5, 0.6) is 11.5 Å². The smallest absolute Gasteiger partial charge is 0.395 e. The number of carbonyl (C=O) groups excluding carboxylic acids is 1. The summed E-state index contributed by atoms with van der Waals surface area (Å²) in [5.74, 6) is -0.419. The molecular weight excluding hydrogens is 446 g/mol. The van der Waals surface area contributed by atoms with E-state index in [0.717, 1.165) is 16.9 Å². The molecule has 0 radical (unpaired) electrons. The molecule has 32 heavy (non-hydrogen) atoms. The van der Waals surface area contributed by atoms with E-state index in [1.807, 2.05) is 4.90 Å². The van der Waals surface area contributed by atoms with Crippen LogP contribution in [0.4, 0.5) is 13.9 Å². The number of rotatable bonds is 4. The van der Waals surface area contributed by atoms with Gasteiger partial charge in [-0.15, -0.1) is 8.78 Å². The molecule has 5 rings (SSSR count). The summed E-state index contributed by atoms with van der Waals surface area (Å²) in [6.45, 7) is 3.29. The molecular formula is C20H18F2N4O5S. The van der Waals surface area contributed by atoms with Crippen LogP contribution < -0.4 is 20.3 Å². The van der Waals surface area contributed by atoms with Crippen LogP contribution in [0, 0.1) is 0 Å². The average molecular weight is 464 g/mol. The van der Waals surface area contributed by atoms with Gasteiger partial charge in [-0.2, -0.15) is 0 Å². The van der Waals surface area contributed by atoms with Crippen LogP contribution in [0.3, 0.4) is 0 Å². The van der Waals surface area contributed by atoms with E-state index < -0.39 is 12.3 Å². The maximum Gasteiger partial charge on any atom is 0.586 e. The van der Waals surface area contributed by atoms with Gasteiger partial charge in [0.2, 0.25) is 11.5 Å². The van der Waals surface area contributed by atoms with Crippen LogP contribution in [0.2, 0.25) is 0 Å². The molecule has 0 aliphatic carbocycles. The number of carbonyl (C=O) groups is 1. The second-order valence-corrected chi connectivity index (χ2v) is 8.49. The Morgan fingerprint density at radius 3 is 2.88 bits per heavy atom. The van der Waals surface area contributed by atoms with Gasteiger partial charge in [0.25, 0.3) is 0 Å². The average Bonchev–Trinajstić information content (AvgIpc) is 3.28. The van der Waals surface area contributed by atoms with Crippen molar-refractivity contribution in [1.29, 1.82) is 0 Å². The SMILES string of the molecule is C[C@@H](C(=O)Nc1nc2cc3c(cc2s1)OC(F)(F)O3)N1CCOC(c2ccc(=O)[nH]c2)C1. The summed E-state index contributed by atoms with van der Waals surface area (Å²) in [7, 11) is 0. The number of fused-ring (bicyclic) bond motifs is 2. The fraction of sp³-hybridized carbons (Fsp3) is 0.350. The molecule has 12 heteroatoms. The largest absolute Gasteiger partial charge is 0.586 e. The Kier molecular flexibility index (Phi) is 5.07. The molecule has 1 saturated heterocycles. The third-order valence-corrected chi connectivity index (χ3v) is 6.28. The van der Waals surface area contributed by atoms with E-state index in [-0.39, 0.29) is 29.1 Å². The van der Waals surface area contributed by atoms with E-state index in [9.17, 15) is 18.4 Å². The van der Waals surface area contributed by atoms with E-state index >= 15 is 0 Å². The number of thiazole rings is 1. The number of benzene rings is 1. The van der Waals surface area contributed by atoms with E-state index in [1.54, 1.807) is 19.2 Å². The van der Waals surface area contributed by atoms with Crippen molar-refractivity contribution in [3.8, 4) is 11.5 Å². The number of nitrogens with one attached hydrogen (secondary N) is 2. The molecule has 0 bridgehead atoms. The number of anilines is 1. The van der Waals surface area contributed by atoms with Crippen LogP contribution in [0.15, 0.2) is 35.3 Å². The standard InChI is InChI=1S/C20H18F2N4O5S/c1-10(26-4-5-29-15(9-26)11-2-3-17(27)23-8-11)18(28)25-19-24-12-6-13-14(7-16(12)32-19)31-20(21,22)30-13/h2-3,6-8,10,15H,4-5,9H2,1H3,(H,23,27)(H,24,25,28)/t10-,15?/m0/s1. The molecule has 2 aliphatic heterocycles. The lowest BCUT2D eigenvalue weighted by Gasteiger charge is -2.36. The number of morpholine rings is 1. The quantitative estimate of drug-likeness (QED) is 0.612. The van der Waals surface area contributed by atoms with Crippen LogP contribution >= 0.6 is 11.3 Å². The van der Waals surface area contributed by atoms with Crippen molar-refractivity contribution in [3.63, 3.8) is 0 Å². The molecule has 1 fully saturated rings. The van der Waals surface area contributed by atoms with Gasteiger partial charge in [0.1, 0.15) is 0 Å². The predicted molar refractivity (Wildman–Crippen MR) is 111 cm³/mol. The fourth-order valence-corrected chi connectivity index (χ4v) is 4.53. The van der Waals surface area contributed by atoms with Gasteiger partial charge in [-0.05, 0) is 18.6 Å². The Morgan fingerprint density at radius 1 is 1.34 bits per heavy atom. The number of H-pyrrole nitrogens is 1. The van der Waals surface area contributed by atoms with Crippen molar-refractivity contribution in [2.24, 2.45) is 0 Å². The Morgan fingerprint density at radius 2 is 2.12 bits per heavy atom. The summed E-state index contributed by atoms with van der Waals surface area (Å²) in [4.78, 5) is 33.0. The molecule has 2 N–H and O–H groups in total. The number of aromatic amines is 1. The molecule has 3 aromatic rings. The van der Waals surface area contributed by atoms with Gasteiger partial charge in [-0.1, -0.05) is 11.3 Å². The van der Waals surface area contributed by atoms with Gasteiger partial charge in [0, 0.05) is 37.5 Å². The van der Waals surface area contributed by atoms with E-state index in [1.165, 1.54) is 18.2 Å². The van der Waals surface area contributed by atoms with Gasteiger partial charge in [0.15, 0.2) is 16.6 Å². The normalized spacial score (nSPS) is 20.9. The van der Waals surface area contributed by atoms with Crippen molar-refractivity contribution < 1.29 is 27.8 Å². The molecule has 1 aromatic carbocycles. The summed E-state index contributed by atoms with van der Waals surface area (Å²) in [6, 6.07) is 5.45. The first-order valence-corrected chi connectivity index (χ1v) is 10.6. The Labute approximate surface area is 183 Å². The Balaban J connectivity index is 1.27. The molecule has 2 aliphatic rings. The van der Waals surface area contributed by atoms with E-state index in [2.05, 4.69) is 24.8 Å². The molecule has 9 nitrogen and oxygen atoms in total. The van der Waals surface area contributed by atoms with E-state index in [0.29, 0.717) is 35.0 Å². The van der Waals surface area contributed by atoms with Gasteiger partial charge in [0.05, 0.1) is 29.0 Å². The molecule has 1 unspecified atom stereocenters. The number of nitrogens with zero attached hydrogens (tertiary/aromatic N) is 2. The molecule has 2 aromatic heterocycles. The molecule has 4 heterocycles. The first kappa shape index (κ1) is 20.8. The minimum Gasteiger partial charge on any atom is -0.395 e. The summed E-state index contributed by atoms with van der Waals surface area (Å²) < 4.78 is 41.7. The van der Waals surface area contributed by atoms with Gasteiger partial charge < -0.3 is 24.5 Å². The lowest BCUT2D eigenvalue weighted by molar-refractivity contribution is -0.286. The number of amides is 1. The van der Waals surface area contributed by atoms with Gasteiger partial charge in [-0.25, -0.2) is 4.98 Å². The summed E-state index contributed by atoms with van der Waals surface area (Å²) >= 11 is 1.15. The Bertz CT molecular complexity index is 1180. The highest BCUT2D eigenvalue weighted by molar-refractivity contribution is 7.22. The second kappa shape index (κ2) is 7.80. The zero-order valence-corrected chi connectivity index (χ0v) is 17.6. The number of ether oxygens (including phenoxy) is 3. The van der Waals surface area contributed by atoms with Crippen LogP contribution in [0.1, 0.15) is 18.6 Å². The number of hydrogen-bond donors (Lipinski definition) is 2. The third kappa shape index (κ3) is 4.04. The summed E-state index contributed by atoms with van der Waals surface area (Å²) in [6.07, 6.45) is -2.34. The van der Waals surface area contributed by atoms with E-state index in [4.69, 9.17) is 4.74 Å². The number of pyridine rings is 1. The van der Waals surface area contributed by atoms with Crippen LogP contribution in [-0.2, 0) is 9.53 Å². The lowest BCUT2D eigenvalue weighted by atomic mass is 10.1. The monoisotopic (exact) mass is 464 g/mol. The number of halogens is 2. The lowest BCUT2D eigenvalue weighted by Crippen LogP contribution is -2.48. The highest BCUT2D eigenvalue weighted by Gasteiger charge is 2.43. The predicted octanol–water partition coefficient (Wildman–Crippen LogP) is 2.71. The highest BCUT2D eigenvalue weighted by atomic mass is 32.1. The molecule has 1 amide bonds. The topological polar surface area (TPSA) is 106 Å². The van der Waals surface area contributed by atoms with Crippen LogP contribution in [-0.4, -0.2) is 52.8 Å². The summed E-state index contributed by atoms with van der Waals surface area (Å²) in [5, 5.41) is 3.14. The van der Waals surface area contributed by atoms with Crippen molar-refractivity contribution in [3.05, 3.63) is 46.4 Å². The van der Waals surface area contributed by atoms with Crippen molar-refractivity contribution in [2.45, 2.75) is 25.4 Å². The number of hydrogen-bond acceptors (Lipinski definition) is 8. The molecule has 0 spiro atoms. The minimum atomic E-state index is -3.69. The third-order valence-electron chi connectivity index (χ3n) is 5.35. The first-order chi connectivity index (χ1) is 15.3. The number of alkyl halides is 2. The fourth-order valence-electron chi connectivity index (χ4n) is 3.65. The highest BCUT2D eigenvalue weighted by Crippen LogP contribution is 2.44. The number of aromatic nitrogens is 2. The maximum absolute atomic E-state index is 13.2. The molecule has 0 saturated carbocycles. The van der Waals surface area contributed by atoms with Gasteiger partial charge in [-0.3, -0.25) is 14.5 Å². The second-order valence-electron chi connectivity index (χ2n) is 7.46. The van der Waals surface area contributed by atoms with Gasteiger partial charge >= 0.3 is 6.29 Å². The Hall–Kier alpha value is -3.09. The first-order valence-electron chi connectivity index (χ1n) is 9.83. The minimum absolute atomic E-state index is 0.0704. The molecule has 2 atom stereocenters.